The van der Waals surface area contributed by atoms with Crippen LogP contribution in [0.1, 0.15) is 44.8 Å². The van der Waals surface area contributed by atoms with Gasteiger partial charge in [-0.3, -0.25) is 4.90 Å². The Hall–Kier alpha value is -0.450. The maximum atomic E-state index is 4.54. The molecule has 0 amide bonds. The molecule has 19 heavy (non-hydrogen) atoms. The molecule has 1 N–H and O–H groups in total. The van der Waals surface area contributed by atoms with Crippen LogP contribution in [0.3, 0.4) is 0 Å². The molecule has 1 atom stereocenters. The normalized spacial score (nSPS) is 15.2. The summed E-state index contributed by atoms with van der Waals surface area (Å²) in [4.78, 5) is 6.93. The van der Waals surface area contributed by atoms with Crippen LogP contribution < -0.4 is 5.32 Å². The number of aryl methyl sites for hydroxylation is 1. The van der Waals surface area contributed by atoms with E-state index < -0.39 is 0 Å². The van der Waals surface area contributed by atoms with Gasteiger partial charge >= 0.3 is 0 Å². The summed E-state index contributed by atoms with van der Waals surface area (Å²) in [6.07, 6.45) is 1.19. The van der Waals surface area contributed by atoms with Gasteiger partial charge in [0, 0.05) is 31.1 Å². The summed E-state index contributed by atoms with van der Waals surface area (Å²) in [7, 11) is 2.19. The van der Waals surface area contributed by atoms with Crippen molar-refractivity contribution in [2.24, 2.45) is 5.41 Å². The molecule has 4 heteroatoms. The molecule has 0 spiro atoms. The number of nitrogens with one attached hydrogen (secondary N) is 1. The monoisotopic (exact) mass is 283 g/mol. The molecule has 0 aliphatic rings. The molecule has 1 aromatic rings. The van der Waals surface area contributed by atoms with E-state index in [-0.39, 0.29) is 0 Å². The minimum Gasteiger partial charge on any atom is -0.314 e. The smallest absolute Gasteiger partial charge is 0.0897 e. The molecule has 1 rings (SSSR count). The molecular formula is C15H29N3S. The molecular weight excluding hydrogens is 254 g/mol. The summed E-state index contributed by atoms with van der Waals surface area (Å²) in [6, 6.07) is 0.553. The number of rotatable bonds is 8. The topological polar surface area (TPSA) is 28.2 Å². The lowest BCUT2D eigenvalue weighted by atomic mass is 9.86. The van der Waals surface area contributed by atoms with Crippen molar-refractivity contribution in [2.45, 2.75) is 53.6 Å². The molecule has 1 unspecified atom stereocenters. The Morgan fingerprint density at radius 1 is 1.47 bits per heavy atom. The molecule has 0 aliphatic heterocycles. The standard InChI is InChI=1S/C15H29N3S/c1-7-15(5,10-16-12(2)3)11-18(6)8-14-9-19-13(4)17-14/h9,12,16H,7-8,10-11H2,1-6H3. The van der Waals surface area contributed by atoms with Crippen LogP contribution in [0.15, 0.2) is 5.38 Å². The third-order valence-electron chi connectivity index (χ3n) is 3.54. The van der Waals surface area contributed by atoms with Crippen LogP contribution in [-0.2, 0) is 6.54 Å². The van der Waals surface area contributed by atoms with Gasteiger partial charge in [0.05, 0.1) is 10.7 Å². The van der Waals surface area contributed by atoms with Gasteiger partial charge in [0.15, 0.2) is 0 Å². The Labute approximate surface area is 122 Å². The van der Waals surface area contributed by atoms with Crippen LogP contribution in [0.25, 0.3) is 0 Å². The maximum absolute atomic E-state index is 4.54. The zero-order chi connectivity index (χ0) is 14.5. The van der Waals surface area contributed by atoms with Gasteiger partial charge in [-0.05, 0) is 25.8 Å². The summed E-state index contributed by atoms with van der Waals surface area (Å²) < 4.78 is 0. The van der Waals surface area contributed by atoms with Crippen LogP contribution in [0.5, 0.6) is 0 Å². The third kappa shape index (κ3) is 6.02. The van der Waals surface area contributed by atoms with Crippen LogP contribution in [0, 0.1) is 12.3 Å². The lowest BCUT2D eigenvalue weighted by Gasteiger charge is -2.33. The van der Waals surface area contributed by atoms with E-state index in [9.17, 15) is 0 Å². The highest BCUT2D eigenvalue weighted by Crippen LogP contribution is 2.22. The molecule has 3 nitrogen and oxygen atoms in total. The van der Waals surface area contributed by atoms with E-state index in [1.807, 2.05) is 0 Å². The van der Waals surface area contributed by atoms with Crippen molar-refractivity contribution in [3.8, 4) is 0 Å². The van der Waals surface area contributed by atoms with Gasteiger partial charge in [-0.25, -0.2) is 4.98 Å². The summed E-state index contributed by atoms with van der Waals surface area (Å²) in [6.45, 7) is 14.2. The minimum absolute atomic E-state index is 0.323. The van der Waals surface area contributed by atoms with Gasteiger partial charge in [0.25, 0.3) is 0 Å². The van der Waals surface area contributed by atoms with Crippen molar-refractivity contribution in [3.05, 3.63) is 16.1 Å². The number of thiazole rings is 1. The predicted molar refractivity (Wildman–Crippen MR) is 84.7 cm³/mol. The quantitative estimate of drug-likeness (QED) is 0.793. The fraction of sp³-hybridized carbons (Fsp3) is 0.800. The second kappa shape index (κ2) is 7.36. The molecule has 0 aliphatic carbocycles. The second-order valence-electron chi connectivity index (χ2n) is 6.23. The highest BCUT2D eigenvalue weighted by molar-refractivity contribution is 7.09. The molecule has 0 fully saturated rings. The van der Waals surface area contributed by atoms with Crippen molar-refractivity contribution >= 4 is 11.3 Å². The Bertz CT molecular complexity index is 375. The van der Waals surface area contributed by atoms with Crippen LogP contribution in [-0.4, -0.2) is 36.1 Å². The van der Waals surface area contributed by atoms with Crippen molar-refractivity contribution < 1.29 is 0 Å². The van der Waals surface area contributed by atoms with Crippen molar-refractivity contribution in [3.63, 3.8) is 0 Å². The average molecular weight is 283 g/mol. The maximum Gasteiger partial charge on any atom is 0.0897 e. The molecule has 1 heterocycles. The first-order valence-corrected chi connectivity index (χ1v) is 8.05. The SMILES string of the molecule is CCC(C)(CNC(C)C)CN(C)Cc1csc(C)n1. The molecule has 0 saturated heterocycles. The number of aromatic nitrogens is 1. The van der Waals surface area contributed by atoms with Crippen molar-refractivity contribution in [1.29, 1.82) is 0 Å². The van der Waals surface area contributed by atoms with Crippen LogP contribution >= 0.6 is 11.3 Å². The Morgan fingerprint density at radius 2 is 2.16 bits per heavy atom. The Morgan fingerprint density at radius 3 is 2.63 bits per heavy atom. The second-order valence-corrected chi connectivity index (χ2v) is 7.29. The van der Waals surface area contributed by atoms with Crippen LogP contribution in [0.4, 0.5) is 0 Å². The molecule has 110 valence electrons. The van der Waals surface area contributed by atoms with E-state index in [1.54, 1.807) is 11.3 Å². The fourth-order valence-electron chi connectivity index (χ4n) is 2.21. The van der Waals surface area contributed by atoms with E-state index >= 15 is 0 Å². The largest absolute Gasteiger partial charge is 0.314 e. The molecule has 0 bridgehead atoms. The van der Waals surface area contributed by atoms with Crippen molar-refractivity contribution in [1.82, 2.24) is 15.2 Å². The first-order chi connectivity index (χ1) is 8.84. The molecule has 0 aromatic carbocycles. The fourth-order valence-corrected chi connectivity index (χ4v) is 2.81. The number of nitrogens with zero attached hydrogens (tertiary/aromatic N) is 2. The lowest BCUT2D eigenvalue weighted by Crippen LogP contribution is -2.42. The Balaban J connectivity index is 2.49. The number of hydrogen-bond donors (Lipinski definition) is 1. The van der Waals surface area contributed by atoms with Gasteiger partial charge in [-0.2, -0.15) is 0 Å². The third-order valence-corrected chi connectivity index (χ3v) is 4.36. The summed E-state index contributed by atoms with van der Waals surface area (Å²) >= 11 is 1.73. The predicted octanol–water partition coefficient (Wildman–Crippen LogP) is 3.30. The minimum atomic E-state index is 0.323. The van der Waals surface area contributed by atoms with Gasteiger partial charge < -0.3 is 5.32 Å². The number of hydrogen-bond acceptors (Lipinski definition) is 4. The Kier molecular flexibility index (Phi) is 6.43. The van der Waals surface area contributed by atoms with E-state index in [4.69, 9.17) is 0 Å². The lowest BCUT2D eigenvalue weighted by molar-refractivity contribution is 0.171. The van der Waals surface area contributed by atoms with Gasteiger partial charge in [-0.15, -0.1) is 11.3 Å². The zero-order valence-electron chi connectivity index (χ0n) is 13.3. The first-order valence-electron chi connectivity index (χ1n) is 7.17. The van der Waals surface area contributed by atoms with E-state index in [2.05, 4.69) is 62.2 Å². The molecule has 1 aromatic heterocycles. The highest BCUT2D eigenvalue weighted by atomic mass is 32.1. The zero-order valence-corrected chi connectivity index (χ0v) is 14.1. The van der Waals surface area contributed by atoms with Gasteiger partial charge in [-0.1, -0.05) is 27.7 Å². The van der Waals surface area contributed by atoms with Crippen molar-refractivity contribution in [2.75, 3.05) is 20.1 Å². The van der Waals surface area contributed by atoms with Crippen LogP contribution in [0.2, 0.25) is 0 Å². The molecule has 0 saturated carbocycles. The summed E-state index contributed by atoms with van der Waals surface area (Å²) in [5, 5.41) is 6.89. The summed E-state index contributed by atoms with van der Waals surface area (Å²) in [5.74, 6) is 0. The van der Waals surface area contributed by atoms with E-state index in [0.29, 0.717) is 11.5 Å². The first kappa shape index (κ1) is 16.6. The highest BCUT2D eigenvalue weighted by Gasteiger charge is 2.24. The summed E-state index contributed by atoms with van der Waals surface area (Å²) in [5.41, 5.74) is 1.52. The van der Waals surface area contributed by atoms with E-state index in [1.165, 1.54) is 12.1 Å². The van der Waals surface area contributed by atoms with E-state index in [0.717, 1.165) is 24.6 Å². The van der Waals surface area contributed by atoms with Gasteiger partial charge in [0.1, 0.15) is 0 Å². The van der Waals surface area contributed by atoms with Gasteiger partial charge in [0.2, 0.25) is 0 Å². The average Bonchev–Trinajstić information content (AvgIpc) is 2.72. The molecule has 0 radical (unpaired) electrons.